The second-order valence-corrected chi connectivity index (χ2v) is 4.72. The fourth-order valence-corrected chi connectivity index (χ4v) is 1.82. The maximum Gasteiger partial charge on any atom is 0.341 e. The molecule has 0 saturated heterocycles. The zero-order chi connectivity index (χ0) is 17.0. The van der Waals surface area contributed by atoms with Crippen LogP contribution < -0.4 is 15.7 Å². The van der Waals surface area contributed by atoms with Crippen LogP contribution in [0.15, 0.2) is 41.3 Å². The first-order valence-corrected chi connectivity index (χ1v) is 6.59. The lowest BCUT2D eigenvalue weighted by Gasteiger charge is -2.09. The fourth-order valence-electron chi connectivity index (χ4n) is 1.64. The van der Waals surface area contributed by atoms with Gasteiger partial charge in [0.2, 0.25) is 0 Å². The zero-order valence-electron chi connectivity index (χ0n) is 11.5. The number of carbonyl (C=O) groups excluding carboxylic acids is 1. The standard InChI is InChI=1S/C14H10ClFN2O5/c15-10-6-8(3-4-11(10)16)17-12(19)7-23-18-5-1-2-9(13(18)20)14(21)22/h1-6H,7H2,(H,17,19)(H,21,22). The maximum atomic E-state index is 13.0. The van der Waals surface area contributed by atoms with E-state index >= 15 is 0 Å². The summed E-state index contributed by atoms with van der Waals surface area (Å²) < 4.78 is 13.6. The third-order valence-corrected chi connectivity index (χ3v) is 2.97. The van der Waals surface area contributed by atoms with Crippen molar-refractivity contribution < 1.29 is 23.9 Å². The fraction of sp³-hybridized carbons (Fsp3) is 0.0714. The Balaban J connectivity index is 2.02. The summed E-state index contributed by atoms with van der Waals surface area (Å²) in [4.78, 5) is 39.2. The van der Waals surface area contributed by atoms with Crippen molar-refractivity contribution in [2.24, 2.45) is 0 Å². The molecule has 0 aliphatic carbocycles. The van der Waals surface area contributed by atoms with Gasteiger partial charge in [0.05, 0.1) is 5.02 Å². The first kappa shape index (κ1) is 16.5. The van der Waals surface area contributed by atoms with E-state index in [1.54, 1.807) is 0 Å². The van der Waals surface area contributed by atoms with Gasteiger partial charge >= 0.3 is 5.97 Å². The summed E-state index contributed by atoms with van der Waals surface area (Å²) in [6.45, 7) is -0.558. The van der Waals surface area contributed by atoms with Gasteiger partial charge in [-0.05, 0) is 30.3 Å². The summed E-state index contributed by atoms with van der Waals surface area (Å²) in [5.74, 6) is -2.67. The van der Waals surface area contributed by atoms with E-state index in [0.717, 1.165) is 12.1 Å². The van der Waals surface area contributed by atoms with E-state index in [2.05, 4.69) is 5.32 Å². The number of carboxylic acids is 1. The van der Waals surface area contributed by atoms with Crippen LogP contribution in [0.5, 0.6) is 0 Å². The average molecular weight is 341 g/mol. The van der Waals surface area contributed by atoms with Crippen molar-refractivity contribution in [3.05, 3.63) is 63.3 Å². The average Bonchev–Trinajstić information content (AvgIpc) is 2.49. The number of nitrogens with zero attached hydrogens (tertiary/aromatic N) is 1. The highest BCUT2D eigenvalue weighted by atomic mass is 35.5. The van der Waals surface area contributed by atoms with Gasteiger partial charge in [-0.3, -0.25) is 9.59 Å². The Morgan fingerprint density at radius 1 is 1.35 bits per heavy atom. The highest BCUT2D eigenvalue weighted by molar-refractivity contribution is 6.31. The molecule has 2 N–H and O–H groups in total. The molecule has 0 radical (unpaired) electrons. The van der Waals surface area contributed by atoms with Crippen molar-refractivity contribution in [3.8, 4) is 0 Å². The minimum absolute atomic E-state index is 0.158. The first-order chi connectivity index (χ1) is 10.9. The number of hydrogen-bond acceptors (Lipinski definition) is 4. The van der Waals surface area contributed by atoms with E-state index < -0.39 is 35.4 Å². The molecular formula is C14H10ClFN2O5. The molecule has 0 saturated carbocycles. The lowest BCUT2D eigenvalue weighted by atomic mass is 10.3. The zero-order valence-corrected chi connectivity index (χ0v) is 12.2. The Hall–Kier alpha value is -2.87. The van der Waals surface area contributed by atoms with Crippen LogP contribution in [0, 0.1) is 5.82 Å². The highest BCUT2D eigenvalue weighted by Gasteiger charge is 2.12. The lowest BCUT2D eigenvalue weighted by Crippen LogP contribution is -2.34. The molecule has 1 amide bonds. The van der Waals surface area contributed by atoms with Crippen LogP contribution in [0.3, 0.4) is 0 Å². The number of amides is 1. The molecule has 23 heavy (non-hydrogen) atoms. The molecule has 0 bridgehead atoms. The summed E-state index contributed by atoms with van der Waals surface area (Å²) in [5, 5.41) is 11.1. The summed E-state index contributed by atoms with van der Waals surface area (Å²) in [6, 6.07) is 6.01. The lowest BCUT2D eigenvalue weighted by molar-refractivity contribution is -0.120. The number of aromatic carboxylic acids is 1. The second-order valence-electron chi connectivity index (χ2n) is 4.31. The molecule has 7 nitrogen and oxygen atoms in total. The number of pyridine rings is 1. The van der Waals surface area contributed by atoms with E-state index in [1.165, 1.54) is 24.4 Å². The molecule has 120 valence electrons. The monoisotopic (exact) mass is 340 g/mol. The number of halogens is 2. The smallest absolute Gasteiger partial charge is 0.341 e. The molecule has 0 unspecified atom stereocenters. The molecule has 0 spiro atoms. The molecule has 1 aromatic carbocycles. The van der Waals surface area contributed by atoms with Crippen molar-refractivity contribution in [2.45, 2.75) is 0 Å². The SMILES string of the molecule is O=C(COn1cccc(C(=O)O)c1=O)Nc1ccc(F)c(Cl)c1. The van der Waals surface area contributed by atoms with Gasteiger partial charge in [-0.2, -0.15) is 4.73 Å². The summed E-state index contributed by atoms with van der Waals surface area (Å²) in [5.41, 5.74) is -1.15. The van der Waals surface area contributed by atoms with Crippen molar-refractivity contribution in [3.63, 3.8) is 0 Å². The predicted octanol–water partition coefficient (Wildman–Crippen LogP) is 1.41. The summed E-state index contributed by atoms with van der Waals surface area (Å²) in [6.07, 6.45) is 1.18. The number of carboxylic acid groups (broad SMARTS) is 1. The molecule has 0 aliphatic rings. The summed E-state index contributed by atoms with van der Waals surface area (Å²) in [7, 11) is 0. The predicted molar refractivity (Wildman–Crippen MR) is 79.1 cm³/mol. The topological polar surface area (TPSA) is 97.6 Å². The number of anilines is 1. The molecular weight excluding hydrogens is 331 g/mol. The number of rotatable bonds is 5. The minimum Gasteiger partial charge on any atom is -0.477 e. The van der Waals surface area contributed by atoms with E-state index in [-0.39, 0.29) is 10.7 Å². The Labute approximate surface area is 133 Å². The van der Waals surface area contributed by atoms with Crippen molar-refractivity contribution in [1.29, 1.82) is 0 Å². The molecule has 0 aliphatic heterocycles. The van der Waals surface area contributed by atoms with Crippen molar-refractivity contribution >= 4 is 29.2 Å². The van der Waals surface area contributed by atoms with Crippen LogP contribution in [0.2, 0.25) is 5.02 Å². The molecule has 9 heteroatoms. The quantitative estimate of drug-likeness (QED) is 0.857. The van der Waals surface area contributed by atoms with E-state index in [1.807, 2.05) is 0 Å². The van der Waals surface area contributed by atoms with Gasteiger partial charge in [0, 0.05) is 11.9 Å². The number of benzene rings is 1. The van der Waals surface area contributed by atoms with Gasteiger partial charge in [0.1, 0.15) is 11.4 Å². The van der Waals surface area contributed by atoms with Crippen LogP contribution in [-0.2, 0) is 4.79 Å². The number of aromatic nitrogens is 1. The normalized spacial score (nSPS) is 10.2. The summed E-state index contributed by atoms with van der Waals surface area (Å²) >= 11 is 5.58. The highest BCUT2D eigenvalue weighted by Crippen LogP contribution is 2.19. The molecule has 0 atom stereocenters. The van der Waals surface area contributed by atoms with Crippen LogP contribution in [-0.4, -0.2) is 28.3 Å². The molecule has 1 heterocycles. The Morgan fingerprint density at radius 2 is 2.09 bits per heavy atom. The minimum atomic E-state index is -1.40. The van der Waals surface area contributed by atoms with Crippen LogP contribution >= 0.6 is 11.6 Å². The van der Waals surface area contributed by atoms with Gasteiger partial charge in [0.15, 0.2) is 6.61 Å². The molecule has 1 aromatic heterocycles. The van der Waals surface area contributed by atoms with Crippen LogP contribution in [0.25, 0.3) is 0 Å². The van der Waals surface area contributed by atoms with E-state index in [4.69, 9.17) is 21.5 Å². The van der Waals surface area contributed by atoms with Crippen LogP contribution in [0.1, 0.15) is 10.4 Å². The molecule has 2 aromatic rings. The Kier molecular flexibility index (Phi) is 4.97. The third-order valence-electron chi connectivity index (χ3n) is 2.68. The number of nitrogens with one attached hydrogen (secondary N) is 1. The number of hydrogen-bond donors (Lipinski definition) is 2. The maximum absolute atomic E-state index is 13.0. The Bertz CT molecular complexity index is 821. The molecule has 0 fully saturated rings. The van der Waals surface area contributed by atoms with E-state index in [0.29, 0.717) is 4.73 Å². The van der Waals surface area contributed by atoms with Gasteiger partial charge in [-0.1, -0.05) is 11.6 Å². The molecule has 2 rings (SSSR count). The first-order valence-electron chi connectivity index (χ1n) is 6.21. The third kappa shape index (κ3) is 4.07. The van der Waals surface area contributed by atoms with Gasteiger partial charge in [-0.25, -0.2) is 9.18 Å². The largest absolute Gasteiger partial charge is 0.477 e. The van der Waals surface area contributed by atoms with Crippen molar-refractivity contribution in [2.75, 3.05) is 11.9 Å². The Morgan fingerprint density at radius 3 is 2.74 bits per heavy atom. The van der Waals surface area contributed by atoms with Gasteiger partial charge < -0.3 is 15.3 Å². The van der Waals surface area contributed by atoms with Crippen LogP contribution in [0.4, 0.5) is 10.1 Å². The van der Waals surface area contributed by atoms with Gasteiger partial charge in [0.25, 0.3) is 11.5 Å². The second kappa shape index (κ2) is 6.93. The van der Waals surface area contributed by atoms with Gasteiger partial charge in [-0.15, -0.1) is 0 Å². The number of carbonyl (C=O) groups is 2. The van der Waals surface area contributed by atoms with E-state index in [9.17, 15) is 18.8 Å². The van der Waals surface area contributed by atoms with Crippen molar-refractivity contribution in [1.82, 2.24) is 4.73 Å².